The smallest absolute Gasteiger partial charge is 0.227 e. The molecule has 0 saturated carbocycles. The van der Waals surface area contributed by atoms with Gasteiger partial charge in [0.25, 0.3) is 0 Å². The van der Waals surface area contributed by atoms with Gasteiger partial charge in [0.15, 0.2) is 0 Å². The second kappa shape index (κ2) is 6.79. The number of aryl methyl sites for hydroxylation is 2. The summed E-state index contributed by atoms with van der Waals surface area (Å²) < 4.78 is 5.50. The number of ether oxygens (including phenoxy) is 1. The van der Waals surface area contributed by atoms with E-state index in [1.165, 1.54) is 0 Å². The van der Waals surface area contributed by atoms with Gasteiger partial charge >= 0.3 is 0 Å². The van der Waals surface area contributed by atoms with Crippen molar-refractivity contribution in [2.75, 3.05) is 17.7 Å². The first-order valence-electron chi connectivity index (χ1n) is 6.90. The number of nitrogen functional groups attached to an aromatic ring is 1. The van der Waals surface area contributed by atoms with Gasteiger partial charge in [-0.25, -0.2) is 0 Å². The molecule has 110 valence electrons. The molecular formula is C17H20N2O2. The lowest BCUT2D eigenvalue weighted by atomic mass is 10.1. The minimum Gasteiger partial charge on any atom is -0.493 e. The summed E-state index contributed by atoms with van der Waals surface area (Å²) in [5, 5.41) is 2.82. The molecule has 2 aromatic carbocycles. The molecule has 0 atom stereocenters. The molecule has 4 heteroatoms. The van der Waals surface area contributed by atoms with Gasteiger partial charge in [-0.1, -0.05) is 18.2 Å². The molecule has 2 aromatic rings. The zero-order valence-electron chi connectivity index (χ0n) is 12.3. The number of benzene rings is 2. The lowest BCUT2D eigenvalue weighted by molar-refractivity contribution is -0.116. The van der Waals surface area contributed by atoms with Crippen LogP contribution in [0.25, 0.3) is 0 Å². The van der Waals surface area contributed by atoms with Crippen LogP contribution in [-0.2, 0) is 4.79 Å². The molecule has 0 saturated heterocycles. The summed E-state index contributed by atoms with van der Waals surface area (Å²) in [5.41, 5.74) is 9.35. The molecule has 0 aliphatic rings. The molecule has 0 heterocycles. The molecule has 1 amide bonds. The Morgan fingerprint density at radius 2 is 1.81 bits per heavy atom. The third-order valence-corrected chi connectivity index (χ3v) is 3.28. The van der Waals surface area contributed by atoms with Gasteiger partial charge in [0.1, 0.15) is 5.75 Å². The quantitative estimate of drug-likeness (QED) is 0.828. The molecule has 21 heavy (non-hydrogen) atoms. The maximum absolute atomic E-state index is 11.9. The topological polar surface area (TPSA) is 64.3 Å². The van der Waals surface area contributed by atoms with Crippen molar-refractivity contribution in [2.24, 2.45) is 0 Å². The van der Waals surface area contributed by atoms with Gasteiger partial charge < -0.3 is 15.8 Å². The number of nitrogens with one attached hydrogen (secondary N) is 1. The Hall–Kier alpha value is -2.49. The van der Waals surface area contributed by atoms with E-state index >= 15 is 0 Å². The third kappa shape index (κ3) is 4.24. The lowest BCUT2D eigenvalue weighted by Gasteiger charge is -2.11. The largest absolute Gasteiger partial charge is 0.493 e. The monoisotopic (exact) mass is 284 g/mol. The summed E-state index contributed by atoms with van der Waals surface area (Å²) in [5.74, 6) is 0.650. The second-order valence-corrected chi connectivity index (χ2v) is 4.98. The van der Waals surface area contributed by atoms with E-state index < -0.39 is 0 Å². The van der Waals surface area contributed by atoms with Crippen LogP contribution in [0.3, 0.4) is 0 Å². The zero-order valence-corrected chi connectivity index (χ0v) is 12.3. The summed E-state index contributed by atoms with van der Waals surface area (Å²) in [7, 11) is 0. The molecule has 0 radical (unpaired) electrons. The third-order valence-electron chi connectivity index (χ3n) is 3.28. The maximum Gasteiger partial charge on any atom is 0.227 e. The van der Waals surface area contributed by atoms with Gasteiger partial charge in [0.2, 0.25) is 5.91 Å². The van der Waals surface area contributed by atoms with E-state index in [-0.39, 0.29) is 12.3 Å². The number of rotatable bonds is 5. The van der Waals surface area contributed by atoms with Crippen LogP contribution in [-0.4, -0.2) is 12.5 Å². The number of carbonyl (C=O) groups is 1. The minimum absolute atomic E-state index is 0.110. The van der Waals surface area contributed by atoms with Crippen LogP contribution in [0.2, 0.25) is 0 Å². The summed E-state index contributed by atoms with van der Waals surface area (Å²) >= 11 is 0. The van der Waals surface area contributed by atoms with Crippen molar-refractivity contribution in [3.05, 3.63) is 53.6 Å². The van der Waals surface area contributed by atoms with Crippen molar-refractivity contribution in [3.63, 3.8) is 0 Å². The molecule has 4 nitrogen and oxygen atoms in total. The van der Waals surface area contributed by atoms with Crippen LogP contribution >= 0.6 is 0 Å². The fourth-order valence-corrected chi connectivity index (χ4v) is 1.94. The Morgan fingerprint density at radius 1 is 1.14 bits per heavy atom. The Kier molecular flexibility index (Phi) is 4.82. The highest BCUT2D eigenvalue weighted by Crippen LogP contribution is 2.23. The van der Waals surface area contributed by atoms with Gasteiger partial charge in [0, 0.05) is 0 Å². The fraction of sp³-hybridized carbons (Fsp3) is 0.235. The van der Waals surface area contributed by atoms with Gasteiger partial charge in [-0.05, 0) is 49.2 Å². The highest BCUT2D eigenvalue weighted by atomic mass is 16.5. The molecular weight excluding hydrogens is 264 g/mol. The number of nitrogens with two attached hydrogens (primary N) is 1. The highest BCUT2D eigenvalue weighted by Gasteiger charge is 2.07. The van der Waals surface area contributed by atoms with Gasteiger partial charge in [-0.2, -0.15) is 0 Å². The van der Waals surface area contributed by atoms with Crippen LogP contribution in [0.4, 0.5) is 11.4 Å². The Labute approximate surface area is 124 Å². The highest BCUT2D eigenvalue weighted by molar-refractivity contribution is 5.94. The first kappa shape index (κ1) is 14.9. The minimum atomic E-state index is -0.110. The summed E-state index contributed by atoms with van der Waals surface area (Å²) in [6.45, 7) is 4.31. The normalized spacial score (nSPS) is 10.2. The number of anilines is 2. The molecule has 0 aromatic heterocycles. The predicted octanol–water partition coefficient (Wildman–Crippen LogP) is 3.29. The van der Waals surface area contributed by atoms with E-state index in [1.807, 2.05) is 56.3 Å². The zero-order chi connectivity index (χ0) is 15.2. The van der Waals surface area contributed by atoms with Crippen molar-refractivity contribution in [1.82, 2.24) is 0 Å². The Bertz CT molecular complexity index is 624. The first-order chi connectivity index (χ1) is 10.1. The molecule has 0 unspecified atom stereocenters. The van der Waals surface area contributed by atoms with Crippen molar-refractivity contribution in [2.45, 2.75) is 20.3 Å². The molecule has 0 fully saturated rings. The first-order valence-corrected chi connectivity index (χ1v) is 6.90. The van der Waals surface area contributed by atoms with Crippen LogP contribution in [0, 0.1) is 13.8 Å². The van der Waals surface area contributed by atoms with Crippen molar-refractivity contribution in [1.29, 1.82) is 0 Å². The average molecular weight is 284 g/mol. The van der Waals surface area contributed by atoms with E-state index in [0.29, 0.717) is 18.0 Å². The predicted molar refractivity (Wildman–Crippen MR) is 85.5 cm³/mol. The summed E-state index contributed by atoms with van der Waals surface area (Å²) in [4.78, 5) is 11.9. The number of amides is 1. The Morgan fingerprint density at radius 3 is 2.52 bits per heavy atom. The number of para-hydroxylation sites is 1. The molecule has 3 N–H and O–H groups in total. The van der Waals surface area contributed by atoms with Crippen LogP contribution in [0.15, 0.2) is 42.5 Å². The standard InChI is InChI=1S/C17H20N2O2/c1-12-10-15(18)16(11-13(12)2)19-17(20)8-9-21-14-6-4-3-5-7-14/h3-7,10-11H,8-9,18H2,1-2H3,(H,19,20). The molecule has 0 aliphatic carbocycles. The molecule has 0 bridgehead atoms. The number of hydrogen-bond acceptors (Lipinski definition) is 3. The van der Waals surface area contributed by atoms with E-state index in [0.717, 1.165) is 16.9 Å². The van der Waals surface area contributed by atoms with Crippen LogP contribution < -0.4 is 15.8 Å². The van der Waals surface area contributed by atoms with Crippen molar-refractivity contribution in [3.8, 4) is 5.75 Å². The van der Waals surface area contributed by atoms with Crippen molar-refractivity contribution < 1.29 is 9.53 Å². The van der Waals surface area contributed by atoms with E-state index in [2.05, 4.69) is 5.32 Å². The van der Waals surface area contributed by atoms with Gasteiger partial charge in [-0.15, -0.1) is 0 Å². The maximum atomic E-state index is 11.9. The van der Waals surface area contributed by atoms with Gasteiger partial charge in [-0.3, -0.25) is 4.79 Å². The van der Waals surface area contributed by atoms with E-state index in [4.69, 9.17) is 10.5 Å². The number of carbonyl (C=O) groups excluding carboxylic acids is 1. The summed E-state index contributed by atoms with van der Waals surface area (Å²) in [6.07, 6.45) is 0.279. The van der Waals surface area contributed by atoms with Crippen LogP contribution in [0.5, 0.6) is 5.75 Å². The Balaban J connectivity index is 1.86. The van der Waals surface area contributed by atoms with E-state index in [9.17, 15) is 4.79 Å². The second-order valence-electron chi connectivity index (χ2n) is 4.98. The van der Waals surface area contributed by atoms with Gasteiger partial charge in [0.05, 0.1) is 24.4 Å². The van der Waals surface area contributed by atoms with Crippen LogP contribution in [0.1, 0.15) is 17.5 Å². The van der Waals surface area contributed by atoms with E-state index in [1.54, 1.807) is 0 Å². The molecule has 0 aliphatic heterocycles. The number of hydrogen-bond donors (Lipinski definition) is 2. The molecule has 0 spiro atoms. The molecule has 2 rings (SSSR count). The van der Waals surface area contributed by atoms with Crippen molar-refractivity contribution >= 4 is 17.3 Å². The lowest BCUT2D eigenvalue weighted by Crippen LogP contribution is -2.16. The summed E-state index contributed by atoms with van der Waals surface area (Å²) in [6, 6.07) is 13.2. The average Bonchev–Trinajstić information content (AvgIpc) is 2.46. The fourth-order valence-electron chi connectivity index (χ4n) is 1.94. The SMILES string of the molecule is Cc1cc(N)c(NC(=O)CCOc2ccccc2)cc1C.